The van der Waals surface area contributed by atoms with Crippen LogP contribution in [0.2, 0.25) is 0 Å². The number of nitrogens with zero attached hydrogens (tertiary/aromatic N) is 2. The maximum atomic E-state index is 4.81. The lowest BCUT2D eigenvalue weighted by Crippen LogP contribution is -2.30. The minimum atomic E-state index is 0.625. The summed E-state index contributed by atoms with van der Waals surface area (Å²) < 4.78 is 2.12. The zero-order valence-electron chi connectivity index (χ0n) is 13.7. The van der Waals surface area contributed by atoms with Crippen LogP contribution in [-0.2, 0) is 13.0 Å². The fraction of sp³-hybridized carbons (Fsp3) is 0.611. The molecule has 1 N–H and O–H groups in total. The summed E-state index contributed by atoms with van der Waals surface area (Å²) in [6.07, 6.45) is 5.94. The number of aromatic nitrogens is 2. The van der Waals surface area contributed by atoms with E-state index in [9.17, 15) is 0 Å². The Labute approximate surface area is 128 Å². The summed E-state index contributed by atoms with van der Waals surface area (Å²) in [5.41, 5.74) is 2.52. The van der Waals surface area contributed by atoms with E-state index in [1.807, 2.05) is 0 Å². The predicted molar refractivity (Wildman–Crippen MR) is 90.7 cm³/mol. The molecule has 0 saturated heterocycles. The van der Waals surface area contributed by atoms with Crippen LogP contribution in [0, 0.1) is 0 Å². The Morgan fingerprint density at radius 3 is 2.62 bits per heavy atom. The number of hydrogen-bond donors (Lipinski definition) is 1. The molecule has 0 fully saturated rings. The Morgan fingerprint density at radius 1 is 1.10 bits per heavy atom. The average molecular weight is 287 g/mol. The second kappa shape index (κ2) is 8.18. The van der Waals surface area contributed by atoms with Gasteiger partial charge in [0.25, 0.3) is 0 Å². The molecular formula is C18H29N3. The highest BCUT2D eigenvalue weighted by Crippen LogP contribution is 2.20. The average Bonchev–Trinajstić information content (AvgIpc) is 2.88. The normalized spacial score (nSPS) is 12.9. The summed E-state index contributed by atoms with van der Waals surface area (Å²) in [4.78, 5) is 0. The maximum Gasteiger partial charge on any atom is 0.0703 e. The van der Waals surface area contributed by atoms with Crippen LogP contribution in [0.15, 0.2) is 24.3 Å². The van der Waals surface area contributed by atoms with Crippen LogP contribution < -0.4 is 5.32 Å². The summed E-state index contributed by atoms with van der Waals surface area (Å²) in [6, 6.07) is 9.22. The molecule has 0 aliphatic rings. The van der Waals surface area contributed by atoms with Crippen LogP contribution in [0.25, 0.3) is 10.9 Å². The second-order valence-electron chi connectivity index (χ2n) is 5.76. The number of nitrogens with one attached hydrogen (secondary N) is 1. The Kier molecular flexibility index (Phi) is 6.24. The quantitative estimate of drug-likeness (QED) is 0.750. The maximum absolute atomic E-state index is 4.81. The zero-order chi connectivity index (χ0) is 15.1. The van der Waals surface area contributed by atoms with Crippen molar-refractivity contribution in [2.75, 3.05) is 6.54 Å². The Bertz CT molecular complexity index is 544. The van der Waals surface area contributed by atoms with Crippen molar-refractivity contribution in [1.29, 1.82) is 0 Å². The van der Waals surface area contributed by atoms with Gasteiger partial charge in [-0.2, -0.15) is 5.10 Å². The van der Waals surface area contributed by atoms with Crippen LogP contribution in [-0.4, -0.2) is 22.4 Å². The molecule has 21 heavy (non-hydrogen) atoms. The van der Waals surface area contributed by atoms with Gasteiger partial charge in [-0.3, -0.25) is 4.68 Å². The lowest BCUT2D eigenvalue weighted by molar-refractivity contribution is 0.446. The highest BCUT2D eigenvalue weighted by molar-refractivity contribution is 5.81. The van der Waals surface area contributed by atoms with Gasteiger partial charge < -0.3 is 5.32 Å². The van der Waals surface area contributed by atoms with Gasteiger partial charge in [-0.25, -0.2) is 0 Å². The van der Waals surface area contributed by atoms with E-state index in [1.165, 1.54) is 42.3 Å². The molecule has 1 unspecified atom stereocenters. The Balaban J connectivity index is 2.08. The van der Waals surface area contributed by atoms with Gasteiger partial charge in [-0.05, 0) is 45.2 Å². The van der Waals surface area contributed by atoms with Crippen LogP contribution in [0.5, 0.6) is 0 Å². The fourth-order valence-corrected chi connectivity index (χ4v) is 2.98. The van der Waals surface area contributed by atoms with Gasteiger partial charge in [0.05, 0.1) is 11.2 Å². The van der Waals surface area contributed by atoms with E-state index < -0.39 is 0 Å². The highest BCUT2D eigenvalue weighted by atomic mass is 15.3. The number of benzene rings is 1. The first kappa shape index (κ1) is 16.0. The Hall–Kier alpha value is -1.35. The van der Waals surface area contributed by atoms with E-state index in [-0.39, 0.29) is 0 Å². The van der Waals surface area contributed by atoms with E-state index in [1.54, 1.807) is 0 Å². The first-order valence-electron chi connectivity index (χ1n) is 8.47. The van der Waals surface area contributed by atoms with E-state index in [0.717, 1.165) is 19.5 Å². The van der Waals surface area contributed by atoms with Crippen LogP contribution in [0.3, 0.4) is 0 Å². The first-order chi connectivity index (χ1) is 10.3. The van der Waals surface area contributed by atoms with Gasteiger partial charge in [0, 0.05) is 18.0 Å². The van der Waals surface area contributed by atoms with Crippen molar-refractivity contribution in [3.8, 4) is 0 Å². The molecule has 3 heteroatoms. The third-order valence-corrected chi connectivity index (χ3v) is 4.08. The number of para-hydroxylation sites is 1. The summed E-state index contributed by atoms with van der Waals surface area (Å²) in [5, 5.41) is 9.81. The van der Waals surface area contributed by atoms with Crippen molar-refractivity contribution in [3.05, 3.63) is 30.0 Å². The topological polar surface area (TPSA) is 29.9 Å². The van der Waals surface area contributed by atoms with Crippen LogP contribution in [0.4, 0.5) is 0 Å². The SMILES string of the molecule is CCCNC(CCC)CCc1nn(CC)c2ccccc12. The molecule has 1 heterocycles. The van der Waals surface area contributed by atoms with Gasteiger partial charge in [0.1, 0.15) is 0 Å². The third kappa shape index (κ3) is 4.07. The molecule has 1 atom stereocenters. The summed E-state index contributed by atoms with van der Waals surface area (Å²) in [7, 11) is 0. The van der Waals surface area contributed by atoms with E-state index in [0.29, 0.717) is 6.04 Å². The van der Waals surface area contributed by atoms with Crippen LogP contribution in [0.1, 0.15) is 52.1 Å². The van der Waals surface area contributed by atoms with Gasteiger partial charge in [0.15, 0.2) is 0 Å². The molecule has 3 nitrogen and oxygen atoms in total. The Morgan fingerprint density at radius 2 is 1.90 bits per heavy atom. The molecule has 2 rings (SSSR count). The van der Waals surface area contributed by atoms with Crippen molar-refractivity contribution >= 4 is 10.9 Å². The van der Waals surface area contributed by atoms with Crippen LogP contribution >= 0.6 is 0 Å². The van der Waals surface area contributed by atoms with E-state index in [2.05, 4.69) is 55.0 Å². The lowest BCUT2D eigenvalue weighted by atomic mass is 10.0. The summed E-state index contributed by atoms with van der Waals surface area (Å²) >= 11 is 0. The number of hydrogen-bond acceptors (Lipinski definition) is 2. The largest absolute Gasteiger partial charge is 0.314 e. The standard InChI is InChI=1S/C18H29N3/c1-4-9-15(19-14-5-2)12-13-17-16-10-7-8-11-18(16)21(6-3)20-17/h7-8,10-11,15,19H,4-6,9,12-14H2,1-3H3. The smallest absolute Gasteiger partial charge is 0.0703 e. The molecule has 2 aromatic rings. The van der Waals surface area contributed by atoms with Gasteiger partial charge in [0.2, 0.25) is 0 Å². The molecule has 0 aliphatic heterocycles. The third-order valence-electron chi connectivity index (χ3n) is 4.08. The summed E-state index contributed by atoms with van der Waals surface area (Å²) in [6.45, 7) is 8.71. The van der Waals surface area contributed by atoms with Gasteiger partial charge in [-0.15, -0.1) is 0 Å². The van der Waals surface area contributed by atoms with Crippen molar-refractivity contribution in [3.63, 3.8) is 0 Å². The lowest BCUT2D eigenvalue weighted by Gasteiger charge is -2.17. The molecule has 0 saturated carbocycles. The van der Waals surface area contributed by atoms with Crippen molar-refractivity contribution in [2.24, 2.45) is 0 Å². The van der Waals surface area contributed by atoms with Gasteiger partial charge in [-0.1, -0.05) is 38.5 Å². The monoisotopic (exact) mass is 287 g/mol. The molecule has 0 bridgehead atoms. The second-order valence-corrected chi connectivity index (χ2v) is 5.76. The van der Waals surface area contributed by atoms with Crippen molar-refractivity contribution < 1.29 is 0 Å². The predicted octanol–water partition coefficient (Wildman–Crippen LogP) is 4.16. The van der Waals surface area contributed by atoms with Crippen molar-refractivity contribution in [2.45, 2.75) is 65.5 Å². The molecular weight excluding hydrogens is 258 g/mol. The zero-order valence-corrected chi connectivity index (χ0v) is 13.7. The number of fused-ring (bicyclic) bond motifs is 1. The van der Waals surface area contributed by atoms with E-state index in [4.69, 9.17) is 5.10 Å². The van der Waals surface area contributed by atoms with Crippen molar-refractivity contribution in [1.82, 2.24) is 15.1 Å². The van der Waals surface area contributed by atoms with E-state index >= 15 is 0 Å². The molecule has 0 spiro atoms. The number of aryl methyl sites for hydroxylation is 2. The molecule has 1 aromatic heterocycles. The molecule has 116 valence electrons. The first-order valence-corrected chi connectivity index (χ1v) is 8.47. The minimum Gasteiger partial charge on any atom is -0.314 e. The molecule has 0 radical (unpaired) electrons. The number of rotatable bonds is 9. The molecule has 0 aliphatic carbocycles. The fourth-order valence-electron chi connectivity index (χ4n) is 2.98. The summed E-state index contributed by atoms with van der Waals surface area (Å²) in [5.74, 6) is 0. The molecule has 0 amide bonds. The minimum absolute atomic E-state index is 0.625. The van der Waals surface area contributed by atoms with Gasteiger partial charge >= 0.3 is 0 Å². The molecule has 1 aromatic carbocycles. The highest BCUT2D eigenvalue weighted by Gasteiger charge is 2.12.